The molecular formula is C11H14FNO5S. The number of carbonyl (C=O) groups excluding carboxylic acids is 1. The molecule has 2 N–H and O–H groups in total. The van der Waals surface area contributed by atoms with Crippen LogP contribution in [0.1, 0.15) is 20.8 Å². The van der Waals surface area contributed by atoms with Gasteiger partial charge in [0.2, 0.25) is 0 Å². The second-order valence-electron chi connectivity index (χ2n) is 4.75. The van der Waals surface area contributed by atoms with Crippen LogP contribution >= 0.6 is 0 Å². The number of aromatic hydroxyl groups is 1. The van der Waals surface area contributed by atoms with Gasteiger partial charge in [0.25, 0.3) is 0 Å². The highest BCUT2D eigenvalue weighted by Crippen LogP contribution is 2.27. The maximum Gasteiger partial charge on any atom is 0.412 e. The van der Waals surface area contributed by atoms with Gasteiger partial charge in [-0.25, -0.2) is 4.79 Å². The largest absolute Gasteiger partial charge is 0.508 e. The van der Waals surface area contributed by atoms with E-state index in [1.165, 1.54) is 0 Å². The van der Waals surface area contributed by atoms with Gasteiger partial charge in [0, 0.05) is 6.07 Å². The fraction of sp³-hybridized carbons (Fsp3) is 0.364. The van der Waals surface area contributed by atoms with Crippen molar-refractivity contribution >= 4 is 22.0 Å². The number of nitrogens with one attached hydrogen (secondary N) is 1. The summed E-state index contributed by atoms with van der Waals surface area (Å²) in [5, 5.41) is 11.3. The van der Waals surface area contributed by atoms with Crippen molar-refractivity contribution < 1.29 is 26.9 Å². The van der Waals surface area contributed by atoms with Crippen molar-refractivity contribution in [2.75, 3.05) is 5.32 Å². The van der Waals surface area contributed by atoms with Gasteiger partial charge in [-0.1, -0.05) is 0 Å². The van der Waals surface area contributed by atoms with E-state index >= 15 is 0 Å². The molecule has 0 aliphatic rings. The van der Waals surface area contributed by atoms with Gasteiger partial charge < -0.3 is 9.84 Å². The molecule has 0 atom stereocenters. The first-order valence-electron chi connectivity index (χ1n) is 5.27. The minimum Gasteiger partial charge on any atom is -0.508 e. The van der Waals surface area contributed by atoms with Gasteiger partial charge in [-0.3, -0.25) is 5.32 Å². The Morgan fingerprint density at radius 3 is 2.42 bits per heavy atom. The van der Waals surface area contributed by atoms with E-state index in [4.69, 9.17) is 9.84 Å². The molecule has 0 heterocycles. The second kappa shape index (κ2) is 5.04. The lowest BCUT2D eigenvalue weighted by atomic mass is 10.2. The van der Waals surface area contributed by atoms with Crippen LogP contribution in [0.3, 0.4) is 0 Å². The highest BCUT2D eigenvalue weighted by molar-refractivity contribution is 7.86. The van der Waals surface area contributed by atoms with Gasteiger partial charge in [0.1, 0.15) is 16.2 Å². The fourth-order valence-electron chi connectivity index (χ4n) is 1.23. The predicted octanol–water partition coefficient (Wildman–Crippen LogP) is 2.40. The van der Waals surface area contributed by atoms with E-state index in [0.29, 0.717) is 6.07 Å². The first-order valence-corrected chi connectivity index (χ1v) is 6.65. The molecule has 6 nitrogen and oxygen atoms in total. The number of halogens is 1. The summed E-state index contributed by atoms with van der Waals surface area (Å²) >= 11 is 0. The predicted molar refractivity (Wildman–Crippen MR) is 66.3 cm³/mol. The number of amides is 1. The number of phenolic OH excluding ortho intramolecular Hbond substituents is 1. The van der Waals surface area contributed by atoms with E-state index in [0.717, 1.165) is 12.1 Å². The van der Waals surface area contributed by atoms with E-state index < -0.39 is 32.6 Å². The lowest BCUT2D eigenvalue weighted by molar-refractivity contribution is 0.0635. The van der Waals surface area contributed by atoms with E-state index in [2.05, 4.69) is 5.32 Å². The average Bonchev–Trinajstić information content (AvgIpc) is 2.16. The van der Waals surface area contributed by atoms with Crippen molar-refractivity contribution in [3.8, 4) is 5.75 Å². The standard InChI is InChI=1S/C11H14FNO5S/c1-11(2,3)18-10(15)13-8-5-4-7(14)6-9(8)19(12,16)17/h4-6,14H,1-3H3,(H,13,15). The Morgan fingerprint density at radius 2 is 1.95 bits per heavy atom. The third kappa shape index (κ3) is 4.74. The van der Waals surface area contributed by atoms with Crippen molar-refractivity contribution in [1.82, 2.24) is 0 Å². The second-order valence-corrected chi connectivity index (χ2v) is 6.06. The van der Waals surface area contributed by atoms with Crippen molar-refractivity contribution in [3.63, 3.8) is 0 Å². The molecule has 0 saturated heterocycles. The highest BCUT2D eigenvalue weighted by atomic mass is 32.3. The Balaban J connectivity index is 3.06. The topological polar surface area (TPSA) is 92.7 Å². The van der Waals surface area contributed by atoms with Gasteiger partial charge in [0.15, 0.2) is 0 Å². The number of anilines is 1. The summed E-state index contributed by atoms with van der Waals surface area (Å²) in [7, 11) is -5.08. The zero-order chi connectivity index (χ0) is 14.8. The van der Waals surface area contributed by atoms with Crippen LogP contribution in [-0.2, 0) is 15.0 Å². The van der Waals surface area contributed by atoms with Gasteiger partial charge in [-0.2, -0.15) is 8.42 Å². The van der Waals surface area contributed by atoms with Crippen LogP contribution in [0.4, 0.5) is 14.4 Å². The molecule has 0 aromatic heterocycles. The quantitative estimate of drug-likeness (QED) is 0.644. The maximum atomic E-state index is 13.0. The van der Waals surface area contributed by atoms with Gasteiger partial charge in [-0.05, 0) is 32.9 Å². The summed E-state index contributed by atoms with van der Waals surface area (Å²) in [6.07, 6.45) is -0.928. The first-order chi connectivity index (χ1) is 8.49. The molecule has 1 amide bonds. The number of hydrogen-bond donors (Lipinski definition) is 2. The molecule has 8 heteroatoms. The summed E-state index contributed by atoms with van der Waals surface area (Å²) in [5.41, 5.74) is -1.09. The van der Waals surface area contributed by atoms with Gasteiger partial charge >= 0.3 is 16.3 Å². The number of rotatable bonds is 2. The summed E-state index contributed by atoms with van der Waals surface area (Å²) in [6, 6.07) is 2.87. The average molecular weight is 291 g/mol. The number of phenols is 1. The molecule has 1 aromatic carbocycles. The van der Waals surface area contributed by atoms with Crippen LogP contribution in [0.2, 0.25) is 0 Å². The SMILES string of the molecule is CC(C)(C)OC(=O)Nc1ccc(O)cc1S(=O)(=O)F. The Morgan fingerprint density at radius 1 is 1.37 bits per heavy atom. The third-order valence-electron chi connectivity index (χ3n) is 1.86. The summed E-state index contributed by atoms with van der Waals surface area (Å²) in [6.45, 7) is 4.86. The molecule has 0 spiro atoms. The summed E-state index contributed by atoms with van der Waals surface area (Å²) < 4.78 is 39.7. The number of benzene rings is 1. The number of ether oxygens (including phenoxy) is 1. The van der Waals surface area contributed by atoms with Crippen LogP contribution < -0.4 is 5.32 Å². The number of hydrogen-bond acceptors (Lipinski definition) is 5. The molecule has 0 bridgehead atoms. The first kappa shape index (κ1) is 15.2. The monoisotopic (exact) mass is 291 g/mol. The fourth-order valence-corrected chi connectivity index (χ4v) is 1.87. The minimum atomic E-state index is -5.08. The maximum absolute atomic E-state index is 13.0. The molecule has 1 aromatic rings. The smallest absolute Gasteiger partial charge is 0.412 e. The van der Waals surface area contributed by atoms with Crippen LogP contribution in [0, 0.1) is 0 Å². The molecule has 0 unspecified atom stereocenters. The van der Waals surface area contributed by atoms with Crippen molar-refractivity contribution in [1.29, 1.82) is 0 Å². The molecule has 0 aliphatic carbocycles. The van der Waals surface area contributed by atoms with Gasteiger partial charge in [-0.15, -0.1) is 3.89 Å². The van der Waals surface area contributed by atoms with Crippen molar-refractivity contribution in [3.05, 3.63) is 18.2 Å². The van der Waals surface area contributed by atoms with Crippen LogP contribution in [0.25, 0.3) is 0 Å². The molecule has 0 radical (unpaired) electrons. The summed E-state index contributed by atoms with van der Waals surface area (Å²) in [4.78, 5) is 10.6. The highest BCUT2D eigenvalue weighted by Gasteiger charge is 2.22. The Hall–Kier alpha value is -1.83. The lowest BCUT2D eigenvalue weighted by Crippen LogP contribution is -2.27. The van der Waals surface area contributed by atoms with Gasteiger partial charge in [0.05, 0.1) is 5.69 Å². The molecule has 106 valence electrons. The zero-order valence-electron chi connectivity index (χ0n) is 10.6. The normalized spacial score (nSPS) is 12.0. The third-order valence-corrected chi connectivity index (χ3v) is 2.73. The van der Waals surface area contributed by atoms with Crippen molar-refractivity contribution in [2.45, 2.75) is 31.3 Å². The summed E-state index contributed by atoms with van der Waals surface area (Å²) in [5.74, 6) is -0.439. The van der Waals surface area contributed by atoms with Crippen LogP contribution in [0.5, 0.6) is 5.75 Å². The van der Waals surface area contributed by atoms with E-state index in [-0.39, 0.29) is 5.69 Å². The molecule has 19 heavy (non-hydrogen) atoms. The lowest BCUT2D eigenvalue weighted by Gasteiger charge is -2.20. The van der Waals surface area contributed by atoms with E-state index in [1.54, 1.807) is 20.8 Å². The molecule has 1 rings (SSSR count). The Bertz CT molecular complexity index is 592. The van der Waals surface area contributed by atoms with E-state index in [9.17, 15) is 17.1 Å². The van der Waals surface area contributed by atoms with Crippen molar-refractivity contribution in [2.24, 2.45) is 0 Å². The Kier molecular flexibility index (Phi) is 4.04. The molecule has 0 aliphatic heterocycles. The molecule has 0 fully saturated rings. The van der Waals surface area contributed by atoms with Crippen LogP contribution in [0.15, 0.2) is 23.1 Å². The number of carbonyl (C=O) groups is 1. The van der Waals surface area contributed by atoms with E-state index in [1.807, 2.05) is 0 Å². The molecular weight excluding hydrogens is 277 g/mol. The Labute approximate surface area is 110 Å². The minimum absolute atomic E-state index is 0.311. The zero-order valence-corrected chi connectivity index (χ0v) is 11.4. The van der Waals surface area contributed by atoms with Crippen LogP contribution in [-0.4, -0.2) is 25.2 Å². The molecule has 0 saturated carbocycles.